The number of likely N-dealkylation sites (tertiary alicyclic amines) is 1. The first-order chi connectivity index (χ1) is 10.1. The quantitative estimate of drug-likeness (QED) is 0.927. The molecular formula is C15H24N4O2. The van der Waals surface area contributed by atoms with E-state index in [1.54, 1.807) is 0 Å². The Kier molecular flexibility index (Phi) is 3.63. The Morgan fingerprint density at radius 1 is 1.57 bits per heavy atom. The molecule has 1 aliphatic carbocycles. The summed E-state index contributed by atoms with van der Waals surface area (Å²) in [6.07, 6.45) is 3.37. The summed E-state index contributed by atoms with van der Waals surface area (Å²) in [5, 5.41) is 7.14. The molecule has 1 aliphatic heterocycles. The number of hydrogen-bond acceptors (Lipinski definition) is 4. The maximum Gasteiger partial charge on any atom is 0.317 e. The summed E-state index contributed by atoms with van der Waals surface area (Å²) in [7, 11) is 0. The number of rotatable bonds is 3. The Morgan fingerprint density at radius 2 is 2.38 bits per heavy atom. The van der Waals surface area contributed by atoms with Gasteiger partial charge in [-0.15, -0.1) is 0 Å². The van der Waals surface area contributed by atoms with Gasteiger partial charge < -0.3 is 14.7 Å². The van der Waals surface area contributed by atoms with Crippen molar-refractivity contribution in [2.75, 3.05) is 19.6 Å². The number of nitrogens with zero attached hydrogens (tertiary/aromatic N) is 3. The zero-order valence-corrected chi connectivity index (χ0v) is 13.1. The molecule has 0 aromatic carbocycles. The normalized spacial score (nSPS) is 28.2. The second kappa shape index (κ2) is 5.31. The van der Waals surface area contributed by atoms with E-state index in [1.165, 1.54) is 6.42 Å². The van der Waals surface area contributed by atoms with Gasteiger partial charge in [-0.2, -0.15) is 4.98 Å². The summed E-state index contributed by atoms with van der Waals surface area (Å²) < 4.78 is 5.40. The fourth-order valence-corrected chi connectivity index (χ4v) is 3.74. The smallest absolute Gasteiger partial charge is 0.317 e. The number of carbonyl (C=O) groups is 1. The standard InChI is InChI=1S/C15H24N4O2/c1-4-16-14(20)19-8-11-6-5-7-15(11,9-19)13-17-12(10(2)3)21-18-13/h10-11H,4-9H2,1-3H3,(H,16,20)/t11-,15-/m1/s1. The van der Waals surface area contributed by atoms with Crippen LogP contribution in [0.5, 0.6) is 0 Å². The molecule has 2 heterocycles. The van der Waals surface area contributed by atoms with Crippen LogP contribution in [-0.4, -0.2) is 40.7 Å². The van der Waals surface area contributed by atoms with Crippen molar-refractivity contribution in [3.8, 4) is 0 Å². The number of nitrogens with one attached hydrogen (secondary N) is 1. The van der Waals surface area contributed by atoms with Gasteiger partial charge in [0.05, 0.1) is 5.41 Å². The van der Waals surface area contributed by atoms with E-state index in [0.29, 0.717) is 24.9 Å². The Morgan fingerprint density at radius 3 is 3.05 bits per heavy atom. The highest BCUT2D eigenvalue weighted by Crippen LogP contribution is 2.49. The summed E-state index contributed by atoms with van der Waals surface area (Å²) in [5.41, 5.74) is -0.0955. The lowest BCUT2D eigenvalue weighted by Crippen LogP contribution is -2.40. The minimum atomic E-state index is -0.0955. The number of hydrogen-bond donors (Lipinski definition) is 1. The average Bonchev–Trinajstić information content (AvgIpc) is 3.12. The van der Waals surface area contributed by atoms with Gasteiger partial charge in [0.15, 0.2) is 5.82 Å². The Bertz CT molecular complexity index is 527. The van der Waals surface area contributed by atoms with E-state index in [4.69, 9.17) is 4.52 Å². The highest BCUT2D eigenvalue weighted by Gasteiger charge is 2.54. The van der Waals surface area contributed by atoms with E-state index in [9.17, 15) is 4.79 Å². The van der Waals surface area contributed by atoms with E-state index in [0.717, 1.165) is 25.2 Å². The summed E-state index contributed by atoms with van der Waals surface area (Å²) in [4.78, 5) is 18.7. The van der Waals surface area contributed by atoms with Crippen LogP contribution in [0.1, 0.15) is 57.7 Å². The number of fused-ring (bicyclic) bond motifs is 1. The molecule has 0 bridgehead atoms. The molecule has 0 radical (unpaired) electrons. The van der Waals surface area contributed by atoms with Crippen LogP contribution < -0.4 is 5.32 Å². The van der Waals surface area contributed by atoms with Crippen molar-refractivity contribution in [2.24, 2.45) is 5.92 Å². The maximum absolute atomic E-state index is 12.1. The highest BCUT2D eigenvalue weighted by atomic mass is 16.5. The van der Waals surface area contributed by atoms with Gasteiger partial charge >= 0.3 is 6.03 Å². The van der Waals surface area contributed by atoms with Crippen LogP contribution in [0.25, 0.3) is 0 Å². The lowest BCUT2D eigenvalue weighted by atomic mass is 9.80. The molecule has 6 heteroatoms. The van der Waals surface area contributed by atoms with Gasteiger partial charge in [-0.05, 0) is 25.7 Å². The second-order valence-electron chi connectivity index (χ2n) is 6.57. The number of amides is 2. The van der Waals surface area contributed by atoms with Gasteiger partial charge in [-0.1, -0.05) is 25.4 Å². The molecule has 6 nitrogen and oxygen atoms in total. The molecule has 1 saturated carbocycles. The fraction of sp³-hybridized carbons (Fsp3) is 0.800. The topological polar surface area (TPSA) is 71.3 Å². The summed E-state index contributed by atoms with van der Waals surface area (Å²) >= 11 is 0. The van der Waals surface area contributed by atoms with Gasteiger partial charge in [0.25, 0.3) is 0 Å². The predicted octanol–water partition coefficient (Wildman–Crippen LogP) is 2.28. The Balaban J connectivity index is 1.85. The largest absolute Gasteiger partial charge is 0.339 e. The lowest BCUT2D eigenvalue weighted by Gasteiger charge is -2.24. The van der Waals surface area contributed by atoms with E-state index >= 15 is 0 Å². The molecule has 116 valence electrons. The van der Waals surface area contributed by atoms with Gasteiger partial charge in [0.1, 0.15) is 0 Å². The molecule has 0 unspecified atom stereocenters. The zero-order chi connectivity index (χ0) is 15.0. The first-order valence-corrected chi connectivity index (χ1v) is 7.93. The van der Waals surface area contributed by atoms with E-state index in [1.807, 2.05) is 11.8 Å². The minimum absolute atomic E-state index is 0.0267. The second-order valence-corrected chi connectivity index (χ2v) is 6.57. The van der Waals surface area contributed by atoms with Crippen molar-refractivity contribution in [1.82, 2.24) is 20.4 Å². The third kappa shape index (κ3) is 2.30. The molecule has 1 aromatic heterocycles. The van der Waals surface area contributed by atoms with Crippen molar-refractivity contribution in [2.45, 2.75) is 51.4 Å². The molecule has 0 spiro atoms. The molecule has 2 amide bonds. The maximum atomic E-state index is 12.1. The highest BCUT2D eigenvalue weighted by molar-refractivity contribution is 5.74. The molecule has 1 saturated heterocycles. The summed E-state index contributed by atoms with van der Waals surface area (Å²) in [6, 6.07) is 0.0267. The lowest BCUT2D eigenvalue weighted by molar-refractivity contribution is 0.204. The Hall–Kier alpha value is -1.59. The Labute approximate surface area is 125 Å². The SMILES string of the molecule is CCNC(=O)N1C[C@H]2CCC[C@@]2(c2noc(C(C)C)n2)C1. The van der Waals surface area contributed by atoms with Gasteiger partial charge in [0, 0.05) is 25.6 Å². The van der Waals surface area contributed by atoms with E-state index in [-0.39, 0.29) is 17.4 Å². The van der Waals surface area contributed by atoms with Gasteiger partial charge in [-0.3, -0.25) is 0 Å². The van der Waals surface area contributed by atoms with Crippen molar-refractivity contribution < 1.29 is 9.32 Å². The molecule has 2 fully saturated rings. The number of aromatic nitrogens is 2. The molecule has 3 rings (SSSR count). The van der Waals surface area contributed by atoms with Crippen LogP contribution in [0.4, 0.5) is 4.79 Å². The molecule has 1 N–H and O–H groups in total. The van der Waals surface area contributed by atoms with Gasteiger partial charge in [0.2, 0.25) is 5.89 Å². The van der Waals surface area contributed by atoms with E-state index < -0.39 is 0 Å². The van der Waals surface area contributed by atoms with Crippen LogP contribution >= 0.6 is 0 Å². The molecule has 2 aliphatic rings. The summed E-state index contributed by atoms with van der Waals surface area (Å²) in [5.74, 6) is 2.20. The first kappa shape index (κ1) is 14.4. The van der Waals surface area contributed by atoms with Crippen molar-refractivity contribution in [1.29, 1.82) is 0 Å². The number of urea groups is 1. The van der Waals surface area contributed by atoms with Crippen molar-refractivity contribution in [3.63, 3.8) is 0 Å². The third-order valence-electron chi connectivity index (χ3n) is 4.87. The van der Waals surface area contributed by atoms with Crippen LogP contribution in [-0.2, 0) is 5.41 Å². The summed E-state index contributed by atoms with van der Waals surface area (Å²) in [6.45, 7) is 8.22. The van der Waals surface area contributed by atoms with Crippen LogP contribution in [0.3, 0.4) is 0 Å². The van der Waals surface area contributed by atoms with E-state index in [2.05, 4.69) is 29.3 Å². The third-order valence-corrected chi connectivity index (χ3v) is 4.87. The first-order valence-electron chi connectivity index (χ1n) is 7.93. The predicted molar refractivity (Wildman–Crippen MR) is 78.1 cm³/mol. The molecule has 21 heavy (non-hydrogen) atoms. The molecule has 1 aromatic rings. The van der Waals surface area contributed by atoms with Crippen LogP contribution in [0.15, 0.2) is 4.52 Å². The van der Waals surface area contributed by atoms with Crippen molar-refractivity contribution >= 4 is 6.03 Å². The zero-order valence-electron chi connectivity index (χ0n) is 13.1. The average molecular weight is 292 g/mol. The van der Waals surface area contributed by atoms with Crippen molar-refractivity contribution in [3.05, 3.63) is 11.7 Å². The van der Waals surface area contributed by atoms with Crippen LogP contribution in [0, 0.1) is 5.92 Å². The van der Waals surface area contributed by atoms with Crippen LogP contribution in [0.2, 0.25) is 0 Å². The number of carbonyl (C=O) groups excluding carboxylic acids is 1. The molecule has 2 atom stereocenters. The minimum Gasteiger partial charge on any atom is -0.339 e. The monoisotopic (exact) mass is 292 g/mol. The van der Waals surface area contributed by atoms with Gasteiger partial charge in [-0.25, -0.2) is 4.79 Å². The fourth-order valence-electron chi connectivity index (χ4n) is 3.74. The molecular weight excluding hydrogens is 268 g/mol.